The van der Waals surface area contributed by atoms with Gasteiger partial charge < -0.3 is 20.1 Å². The first-order valence-corrected chi connectivity index (χ1v) is 10.8. The number of nitrogens with one attached hydrogen (secondary N) is 3. The van der Waals surface area contributed by atoms with Crippen LogP contribution in [0.25, 0.3) is 22.0 Å². The lowest BCUT2D eigenvalue weighted by Crippen LogP contribution is -2.27. The molecule has 198 valence electrons. The van der Waals surface area contributed by atoms with Gasteiger partial charge in [-0.25, -0.2) is 4.98 Å². The zero-order valence-corrected chi connectivity index (χ0v) is 19.4. The van der Waals surface area contributed by atoms with Crippen molar-refractivity contribution in [3.05, 3.63) is 71.5 Å². The Hall–Kier alpha value is -4.61. The average Bonchev–Trinajstić information content (AvgIpc) is 3.34. The molecule has 0 radical (unpaired) electrons. The smallest absolute Gasteiger partial charge is 0.480 e. The molecular weight excluding hydrogens is 503 g/mol. The molecule has 4 rings (SSSR count). The minimum atomic E-state index is -4.93. The Balaban J connectivity index is 1.64. The molecule has 2 heterocycles. The number of hydrogen-bond donors (Lipinski definition) is 3. The third-order valence-electron chi connectivity index (χ3n) is 5.42. The lowest BCUT2D eigenvalue weighted by atomic mass is 10.0. The van der Waals surface area contributed by atoms with Gasteiger partial charge in [0.05, 0.1) is 22.7 Å². The molecule has 2 aromatic carbocycles. The molecule has 1 atom stereocenters. The highest BCUT2D eigenvalue weighted by Gasteiger charge is 2.31. The molecular formula is C26H24F3N5O4. The Bertz CT molecular complexity index is 1780. The van der Waals surface area contributed by atoms with E-state index in [1.165, 1.54) is 49.5 Å². The van der Waals surface area contributed by atoms with Gasteiger partial charge in [0.2, 0.25) is 5.88 Å². The Labute approximate surface area is 226 Å². The maximum atomic E-state index is 13.4. The van der Waals surface area contributed by atoms with Crippen molar-refractivity contribution in [1.29, 1.82) is 0 Å². The van der Waals surface area contributed by atoms with Gasteiger partial charge in [-0.15, -0.1) is 13.2 Å². The Morgan fingerprint density at radius 1 is 1.16 bits per heavy atom. The molecule has 0 saturated carbocycles. The standard InChI is InChI=1S/C26H24F3N5O4/c1-4-30-24(36)22-19-9-8-16(12-21(19)33-34-22)17-11-20(25(37-3)31-13-17)23(35)32-14(2)15-6-5-7-18(10-15)38-26(27,28)29/h5-14H,4H2,1-3H3,(H,30,36)(H,32,35)(H,33,34)/t14-/m0/s1/i1D3,3D3,4D2. The first-order valence-electron chi connectivity index (χ1n) is 14.8. The number of methoxy groups -OCH3 is 1. The number of rotatable bonds is 8. The van der Waals surface area contributed by atoms with Crippen LogP contribution < -0.4 is 20.1 Å². The predicted molar refractivity (Wildman–Crippen MR) is 133 cm³/mol. The summed E-state index contributed by atoms with van der Waals surface area (Å²) in [5, 5.41) is 11.0. The topological polar surface area (TPSA) is 118 Å². The highest BCUT2D eigenvalue weighted by Crippen LogP contribution is 2.29. The number of alkyl halides is 3. The number of amides is 2. The number of nitrogens with zero attached hydrogens (tertiary/aromatic N) is 2. The van der Waals surface area contributed by atoms with E-state index >= 15 is 0 Å². The lowest BCUT2D eigenvalue weighted by molar-refractivity contribution is -0.274. The van der Waals surface area contributed by atoms with Gasteiger partial charge in [-0.3, -0.25) is 14.7 Å². The Morgan fingerprint density at radius 3 is 2.76 bits per heavy atom. The Kier molecular flexibility index (Phi) is 5.05. The third-order valence-corrected chi connectivity index (χ3v) is 5.42. The minimum Gasteiger partial charge on any atom is -0.480 e. The zero-order chi connectivity index (χ0) is 34.2. The van der Waals surface area contributed by atoms with Gasteiger partial charge >= 0.3 is 6.36 Å². The minimum absolute atomic E-state index is 0.210. The number of fused-ring (bicyclic) bond motifs is 1. The van der Waals surface area contributed by atoms with E-state index in [0.29, 0.717) is 5.56 Å². The average molecular weight is 536 g/mol. The van der Waals surface area contributed by atoms with Gasteiger partial charge in [-0.05, 0) is 55.2 Å². The molecule has 12 heteroatoms. The van der Waals surface area contributed by atoms with E-state index in [2.05, 4.69) is 25.2 Å². The first kappa shape index (κ1) is 17.8. The molecule has 4 aromatic rings. The van der Waals surface area contributed by atoms with E-state index in [9.17, 15) is 22.8 Å². The van der Waals surface area contributed by atoms with Crippen LogP contribution in [0.1, 0.15) is 57.2 Å². The molecule has 9 nitrogen and oxygen atoms in total. The summed E-state index contributed by atoms with van der Waals surface area (Å²) in [6.07, 6.45) is -3.71. The quantitative estimate of drug-likeness (QED) is 0.299. The number of halogens is 3. The number of aromatic amines is 1. The predicted octanol–water partition coefficient (Wildman–Crippen LogP) is 4.77. The molecule has 3 N–H and O–H groups in total. The van der Waals surface area contributed by atoms with Crippen molar-refractivity contribution in [1.82, 2.24) is 25.8 Å². The fraction of sp³-hybridized carbons (Fsp3) is 0.231. The SMILES string of the molecule is [2H]C([2H])([2H])Oc1ncc(-c2ccc3c(C(=O)NC([2H])([2H])C([2H])([2H])[2H])n[nH]c3c2)cc1C(=O)N[C@@H](C)c1cccc(OC(F)(F)F)c1. The summed E-state index contributed by atoms with van der Waals surface area (Å²) in [5.41, 5.74) is 0.577. The number of benzene rings is 2. The molecule has 0 fully saturated rings. The zero-order valence-electron chi connectivity index (χ0n) is 27.4. The summed E-state index contributed by atoms with van der Waals surface area (Å²) in [6, 6.07) is 9.73. The highest BCUT2D eigenvalue weighted by molar-refractivity contribution is 6.05. The fourth-order valence-corrected chi connectivity index (χ4v) is 3.68. The van der Waals surface area contributed by atoms with Crippen molar-refractivity contribution in [3.8, 4) is 22.8 Å². The molecule has 0 aliphatic carbocycles. The lowest BCUT2D eigenvalue weighted by Gasteiger charge is -2.17. The van der Waals surface area contributed by atoms with Crippen LogP contribution in [0.4, 0.5) is 13.2 Å². The van der Waals surface area contributed by atoms with Crippen molar-refractivity contribution in [2.24, 2.45) is 0 Å². The van der Waals surface area contributed by atoms with E-state index in [1.807, 2.05) is 0 Å². The fourth-order valence-electron chi connectivity index (χ4n) is 3.68. The van der Waals surface area contributed by atoms with Gasteiger partial charge in [0.15, 0.2) is 5.69 Å². The Morgan fingerprint density at radius 2 is 2.00 bits per heavy atom. The van der Waals surface area contributed by atoms with Crippen molar-refractivity contribution >= 4 is 22.7 Å². The van der Waals surface area contributed by atoms with Crippen molar-refractivity contribution < 1.29 is 43.2 Å². The molecule has 2 aromatic heterocycles. The van der Waals surface area contributed by atoms with Crippen LogP contribution >= 0.6 is 0 Å². The first-order chi connectivity index (χ1) is 21.1. The second-order valence-electron chi connectivity index (χ2n) is 7.91. The number of pyridine rings is 1. The molecule has 38 heavy (non-hydrogen) atoms. The van der Waals surface area contributed by atoms with Crippen LogP contribution in [0.5, 0.6) is 11.6 Å². The molecule has 0 saturated heterocycles. The van der Waals surface area contributed by atoms with Crippen LogP contribution in [-0.4, -0.2) is 46.9 Å². The number of carbonyl (C=O) groups is 2. The summed E-state index contributed by atoms with van der Waals surface area (Å²) in [6.45, 7) is -4.69. The molecule has 0 bridgehead atoms. The summed E-state index contributed by atoms with van der Waals surface area (Å²) in [4.78, 5) is 30.0. The van der Waals surface area contributed by atoms with Gasteiger partial charge in [0.25, 0.3) is 11.8 Å². The van der Waals surface area contributed by atoms with Crippen molar-refractivity contribution in [2.75, 3.05) is 13.5 Å². The largest absolute Gasteiger partial charge is 0.573 e. The third kappa shape index (κ3) is 5.85. The van der Waals surface area contributed by atoms with Gasteiger partial charge in [0.1, 0.15) is 11.3 Å². The van der Waals surface area contributed by atoms with Crippen LogP contribution in [0, 0.1) is 0 Å². The van der Waals surface area contributed by atoms with E-state index in [-0.39, 0.29) is 33.3 Å². The van der Waals surface area contributed by atoms with Crippen molar-refractivity contribution in [2.45, 2.75) is 26.2 Å². The van der Waals surface area contributed by atoms with Gasteiger partial charge in [0, 0.05) is 30.5 Å². The van der Waals surface area contributed by atoms with E-state index in [4.69, 9.17) is 15.7 Å². The number of ether oxygens (including phenoxy) is 2. The summed E-state index contributed by atoms with van der Waals surface area (Å²) in [5.74, 6) is -3.01. The van der Waals surface area contributed by atoms with Crippen LogP contribution in [-0.2, 0) is 0 Å². The maximum Gasteiger partial charge on any atom is 0.573 e. The normalized spacial score (nSPS) is 16.3. The number of carbonyl (C=O) groups excluding carboxylic acids is 2. The number of hydrogen-bond acceptors (Lipinski definition) is 6. The van der Waals surface area contributed by atoms with Crippen LogP contribution in [0.3, 0.4) is 0 Å². The molecule has 0 unspecified atom stereocenters. The molecule has 0 aliphatic heterocycles. The van der Waals surface area contributed by atoms with Crippen molar-refractivity contribution in [3.63, 3.8) is 0 Å². The monoisotopic (exact) mass is 535 g/mol. The highest BCUT2D eigenvalue weighted by atomic mass is 19.4. The molecule has 0 aliphatic rings. The summed E-state index contributed by atoms with van der Waals surface area (Å²) < 4.78 is 106. The molecule has 0 spiro atoms. The van der Waals surface area contributed by atoms with E-state index < -0.39 is 56.2 Å². The summed E-state index contributed by atoms with van der Waals surface area (Å²) in [7, 11) is -2.99. The van der Waals surface area contributed by atoms with E-state index in [1.54, 1.807) is 5.32 Å². The molecule has 2 amide bonds. The number of aromatic nitrogens is 3. The second-order valence-corrected chi connectivity index (χ2v) is 7.91. The van der Waals surface area contributed by atoms with Gasteiger partial charge in [-0.1, -0.05) is 18.2 Å². The van der Waals surface area contributed by atoms with Crippen LogP contribution in [0.15, 0.2) is 54.7 Å². The van der Waals surface area contributed by atoms with E-state index in [0.717, 1.165) is 12.1 Å². The van der Waals surface area contributed by atoms with Gasteiger partial charge in [-0.2, -0.15) is 5.10 Å². The van der Waals surface area contributed by atoms with Crippen LogP contribution in [0.2, 0.25) is 0 Å². The maximum absolute atomic E-state index is 13.4. The summed E-state index contributed by atoms with van der Waals surface area (Å²) >= 11 is 0. The number of H-pyrrole nitrogens is 1. The second kappa shape index (κ2) is 10.8.